The predicted molar refractivity (Wildman–Crippen MR) is 83.2 cm³/mol. The van der Waals surface area contributed by atoms with Crippen LogP contribution in [0.2, 0.25) is 0 Å². The molecule has 0 aliphatic heterocycles. The van der Waals surface area contributed by atoms with E-state index in [1.54, 1.807) is 0 Å². The first-order valence-corrected chi connectivity index (χ1v) is 7.93. The summed E-state index contributed by atoms with van der Waals surface area (Å²) in [6.07, 6.45) is 2.15. The second-order valence-electron chi connectivity index (χ2n) is 4.22. The highest BCUT2D eigenvalue weighted by Gasteiger charge is 2.13. The van der Waals surface area contributed by atoms with E-state index in [-0.39, 0.29) is 0 Å². The summed E-state index contributed by atoms with van der Waals surface area (Å²) in [5.41, 5.74) is 2.64. The van der Waals surface area contributed by atoms with Gasteiger partial charge in [-0.1, -0.05) is 15.9 Å². The van der Waals surface area contributed by atoms with Crippen molar-refractivity contribution in [2.45, 2.75) is 19.5 Å². The first-order chi connectivity index (χ1) is 8.10. The highest BCUT2D eigenvalue weighted by Crippen LogP contribution is 2.25. The number of hydrogen-bond donors (Lipinski definition) is 1. The summed E-state index contributed by atoms with van der Waals surface area (Å²) in [7, 11) is 4.15. The molecule has 0 spiro atoms. The molecular formula is C13H21BrN2S. The van der Waals surface area contributed by atoms with Gasteiger partial charge in [-0.15, -0.1) is 0 Å². The van der Waals surface area contributed by atoms with Gasteiger partial charge < -0.3 is 10.2 Å². The highest BCUT2D eigenvalue weighted by molar-refractivity contribution is 9.10. The van der Waals surface area contributed by atoms with Crippen LogP contribution in [-0.2, 0) is 6.54 Å². The topological polar surface area (TPSA) is 15.3 Å². The Hall–Kier alpha value is -0.190. The van der Waals surface area contributed by atoms with Crippen LogP contribution >= 0.6 is 27.7 Å². The van der Waals surface area contributed by atoms with E-state index >= 15 is 0 Å². The minimum absolute atomic E-state index is 0.543. The molecule has 1 aromatic carbocycles. The van der Waals surface area contributed by atoms with Crippen molar-refractivity contribution in [3.05, 3.63) is 28.2 Å². The lowest BCUT2D eigenvalue weighted by Gasteiger charge is -2.28. The van der Waals surface area contributed by atoms with Crippen molar-refractivity contribution < 1.29 is 0 Å². The number of thioether (sulfide) groups is 1. The first-order valence-electron chi connectivity index (χ1n) is 5.75. The zero-order valence-electron chi connectivity index (χ0n) is 11.0. The van der Waals surface area contributed by atoms with Crippen molar-refractivity contribution in [3.63, 3.8) is 0 Å². The average Bonchev–Trinajstić information content (AvgIpc) is 2.29. The molecule has 96 valence electrons. The van der Waals surface area contributed by atoms with Crippen molar-refractivity contribution in [1.82, 2.24) is 5.32 Å². The van der Waals surface area contributed by atoms with Crippen LogP contribution in [0.5, 0.6) is 0 Å². The Morgan fingerprint density at radius 1 is 1.47 bits per heavy atom. The van der Waals surface area contributed by atoms with E-state index in [2.05, 4.69) is 64.6 Å². The number of rotatable bonds is 6. The van der Waals surface area contributed by atoms with Gasteiger partial charge in [0, 0.05) is 35.5 Å². The Kier molecular flexibility index (Phi) is 6.38. The molecule has 0 aromatic heterocycles. The zero-order valence-corrected chi connectivity index (χ0v) is 13.4. The van der Waals surface area contributed by atoms with Gasteiger partial charge >= 0.3 is 0 Å². The minimum atomic E-state index is 0.543. The lowest BCUT2D eigenvalue weighted by Crippen LogP contribution is -2.32. The average molecular weight is 317 g/mol. The maximum absolute atomic E-state index is 3.53. The maximum atomic E-state index is 3.53. The van der Waals surface area contributed by atoms with Gasteiger partial charge in [-0.25, -0.2) is 0 Å². The number of nitrogens with zero attached hydrogens (tertiary/aromatic N) is 1. The third-order valence-electron chi connectivity index (χ3n) is 2.86. The van der Waals surface area contributed by atoms with Gasteiger partial charge in [-0.3, -0.25) is 0 Å². The Labute approximate surface area is 117 Å². The molecule has 0 heterocycles. The van der Waals surface area contributed by atoms with Crippen LogP contribution in [0.3, 0.4) is 0 Å². The molecular weight excluding hydrogens is 296 g/mol. The van der Waals surface area contributed by atoms with Crippen molar-refractivity contribution >= 4 is 33.4 Å². The summed E-state index contributed by atoms with van der Waals surface area (Å²) in [6.45, 7) is 3.16. The van der Waals surface area contributed by atoms with E-state index in [4.69, 9.17) is 0 Å². The van der Waals surface area contributed by atoms with E-state index < -0.39 is 0 Å². The minimum Gasteiger partial charge on any atom is -0.371 e. The molecule has 0 bridgehead atoms. The molecule has 1 atom stereocenters. The lowest BCUT2D eigenvalue weighted by molar-refractivity contribution is 0.747. The molecule has 0 saturated heterocycles. The van der Waals surface area contributed by atoms with E-state index in [1.807, 2.05) is 18.8 Å². The van der Waals surface area contributed by atoms with E-state index in [9.17, 15) is 0 Å². The standard InChI is InChI=1S/C13H21BrN2S/c1-10(9-17-4)16(3)13-6-5-12(14)7-11(13)8-15-2/h5-7,10,15H,8-9H2,1-4H3. The monoisotopic (exact) mass is 316 g/mol. The third kappa shape index (κ3) is 4.19. The summed E-state index contributed by atoms with van der Waals surface area (Å²) in [6, 6.07) is 7.03. The molecule has 0 radical (unpaired) electrons. The molecule has 0 aliphatic carbocycles. The van der Waals surface area contributed by atoms with E-state index in [1.165, 1.54) is 11.3 Å². The van der Waals surface area contributed by atoms with Gasteiger partial charge in [0.15, 0.2) is 0 Å². The summed E-state index contributed by atoms with van der Waals surface area (Å²) >= 11 is 5.42. The Bertz CT molecular complexity index is 357. The van der Waals surface area contributed by atoms with Crippen LogP contribution in [0.25, 0.3) is 0 Å². The summed E-state index contributed by atoms with van der Waals surface area (Å²) in [4.78, 5) is 2.36. The Morgan fingerprint density at radius 3 is 2.76 bits per heavy atom. The Morgan fingerprint density at radius 2 is 2.18 bits per heavy atom. The summed E-state index contributed by atoms with van der Waals surface area (Å²) in [5, 5.41) is 3.22. The summed E-state index contributed by atoms with van der Waals surface area (Å²) in [5.74, 6) is 1.14. The van der Waals surface area contributed by atoms with Crippen molar-refractivity contribution in [2.75, 3.05) is 31.0 Å². The number of hydrogen-bond acceptors (Lipinski definition) is 3. The van der Waals surface area contributed by atoms with Crippen molar-refractivity contribution in [2.24, 2.45) is 0 Å². The second kappa shape index (κ2) is 7.29. The van der Waals surface area contributed by atoms with Gasteiger partial charge in [0.25, 0.3) is 0 Å². The first kappa shape index (κ1) is 14.9. The van der Waals surface area contributed by atoms with Gasteiger partial charge in [0.1, 0.15) is 0 Å². The largest absolute Gasteiger partial charge is 0.371 e. The van der Waals surface area contributed by atoms with Crippen LogP contribution in [0, 0.1) is 0 Å². The van der Waals surface area contributed by atoms with E-state index in [0.29, 0.717) is 6.04 Å². The fourth-order valence-electron chi connectivity index (χ4n) is 1.82. The molecule has 2 nitrogen and oxygen atoms in total. The van der Waals surface area contributed by atoms with Gasteiger partial charge in [-0.05, 0) is 44.0 Å². The molecule has 4 heteroatoms. The number of nitrogens with one attached hydrogen (secondary N) is 1. The molecule has 1 N–H and O–H groups in total. The maximum Gasteiger partial charge on any atom is 0.0412 e. The number of anilines is 1. The zero-order chi connectivity index (χ0) is 12.8. The normalized spacial score (nSPS) is 12.5. The fourth-order valence-corrected chi connectivity index (χ4v) is 2.94. The van der Waals surface area contributed by atoms with Crippen LogP contribution < -0.4 is 10.2 Å². The van der Waals surface area contributed by atoms with Crippen molar-refractivity contribution in [1.29, 1.82) is 0 Å². The van der Waals surface area contributed by atoms with E-state index in [0.717, 1.165) is 16.8 Å². The summed E-state index contributed by atoms with van der Waals surface area (Å²) < 4.78 is 1.14. The third-order valence-corrected chi connectivity index (χ3v) is 4.17. The smallest absolute Gasteiger partial charge is 0.0412 e. The van der Waals surface area contributed by atoms with Crippen molar-refractivity contribution in [3.8, 4) is 0 Å². The van der Waals surface area contributed by atoms with Gasteiger partial charge in [0.2, 0.25) is 0 Å². The highest BCUT2D eigenvalue weighted by atomic mass is 79.9. The molecule has 0 fully saturated rings. The number of benzene rings is 1. The van der Waals surface area contributed by atoms with Crippen LogP contribution in [0.15, 0.2) is 22.7 Å². The quantitative estimate of drug-likeness (QED) is 0.866. The van der Waals surface area contributed by atoms with Crippen LogP contribution in [0.4, 0.5) is 5.69 Å². The lowest BCUT2D eigenvalue weighted by atomic mass is 10.1. The fraction of sp³-hybridized carbons (Fsp3) is 0.538. The molecule has 0 saturated carbocycles. The number of halogens is 1. The van der Waals surface area contributed by atoms with Crippen LogP contribution in [-0.4, -0.2) is 32.1 Å². The van der Waals surface area contributed by atoms with Gasteiger partial charge in [-0.2, -0.15) is 11.8 Å². The molecule has 0 amide bonds. The van der Waals surface area contributed by atoms with Crippen LogP contribution in [0.1, 0.15) is 12.5 Å². The SMILES string of the molecule is CNCc1cc(Br)ccc1N(C)C(C)CSC. The van der Waals surface area contributed by atoms with Gasteiger partial charge in [0.05, 0.1) is 0 Å². The molecule has 1 aromatic rings. The molecule has 0 aliphatic rings. The predicted octanol–water partition coefficient (Wildman–Crippen LogP) is 3.36. The second-order valence-corrected chi connectivity index (χ2v) is 6.04. The molecule has 1 unspecified atom stereocenters. The molecule has 17 heavy (non-hydrogen) atoms. The molecule has 1 rings (SSSR count). The Balaban J connectivity index is 2.94.